The minimum atomic E-state index is -0.439. The van der Waals surface area contributed by atoms with Crippen LogP contribution in [0.2, 0.25) is 0 Å². The predicted octanol–water partition coefficient (Wildman–Crippen LogP) is 0.361. The summed E-state index contributed by atoms with van der Waals surface area (Å²) in [7, 11) is 1.78. The molecule has 0 radical (unpaired) electrons. The first-order chi connectivity index (χ1) is 7.27. The lowest BCUT2D eigenvalue weighted by Crippen LogP contribution is -2.53. The highest BCUT2D eigenvalue weighted by molar-refractivity contribution is 7.78. The maximum absolute atomic E-state index is 5.82. The number of hydrogen-bond donors (Lipinski definition) is 2. The average Bonchev–Trinajstić information content (AvgIpc) is 2.83. The molecule has 0 bridgehead atoms. The van der Waals surface area contributed by atoms with E-state index in [1.807, 2.05) is 17.5 Å². The van der Waals surface area contributed by atoms with Gasteiger partial charge in [0.1, 0.15) is 0 Å². The molecule has 1 aromatic heterocycles. The van der Waals surface area contributed by atoms with Crippen molar-refractivity contribution in [3.63, 3.8) is 0 Å². The molecule has 0 spiro atoms. The smallest absolute Gasteiger partial charge is 0.187 e. The number of hydrogen-bond acceptors (Lipinski definition) is 6. The lowest BCUT2D eigenvalue weighted by Gasteiger charge is -2.26. The Morgan fingerprint density at radius 3 is 3.07 bits per heavy atom. The topological polar surface area (TPSA) is 56.9 Å². The van der Waals surface area contributed by atoms with Gasteiger partial charge < -0.3 is 0 Å². The molecule has 80 valence electrons. The molecular formula is C8H11N5S2. The van der Waals surface area contributed by atoms with Crippen LogP contribution < -0.4 is 11.2 Å². The molecule has 2 heterocycles. The van der Waals surface area contributed by atoms with Gasteiger partial charge in [0.05, 0.1) is 10.4 Å². The molecule has 1 aromatic rings. The highest BCUT2D eigenvalue weighted by Gasteiger charge is 2.30. The quantitative estimate of drug-likeness (QED) is 0.748. The van der Waals surface area contributed by atoms with Crippen LogP contribution in [-0.2, 0) is 0 Å². The second-order valence-corrected chi connectivity index (χ2v) is 4.02. The van der Waals surface area contributed by atoms with Crippen LogP contribution in [0.15, 0.2) is 22.5 Å². The van der Waals surface area contributed by atoms with Crippen molar-refractivity contribution in [2.75, 3.05) is 7.05 Å². The van der Waals surface area contributed by atoms with Gasteiger partial charge in [-0.1, -0.05) is 18.3 Å². The SMILES string of the molecule is CNN1C(N)N=C(c2cccs2)N1C=S. The van der Waals surface area contributed by atoms with Crippen molar-refractivity contribution in [2.45, 2.75) is 6.29 Å². The fraction of sp³-hybridized carbons (Fsp3) is 0.250. The zero-order valence-electron chi connectivity index (χ0n) is 8.12. The third kappa shape index (κ3) is 1.80. The molecule has 2 rings (SSSR count). The first kappa shape index (κ1) is 10.7. The summed E-state index contributed by atoms with van der Waals surface area (Å²) >= 11 is 6.55. The predicted molar refractivity (Wildman–Crippen MR) is 65.2 cm³/mol. The molecule has 0 fully saturated rings. The molecule has 1 unspecified atom stereocenters. The Kier molecular flexibility index (Phi) is 3.08. The maximum Gasteiger partial charge on any atom is 0.187 e. The van der Waals surface area contributed by atoms with Crippen LogP contribution in [-0.4, -0.2) is 34.8 Å². The van der Waals surface area contributed by atoms with Gasteiger partial charge in [-0.05, 0) is 11.4 Å². The number of thiophene rings is 1. The summed E-state index contributed by atoms with van der Waals surface area (Å²) in [4.78, 5) is 5.38. The van der Waals surface area contributed by atoms with Crippen molar-refractivity contribution in [2.24, 2.45) is 10.7 Å². The van der Waals surface area contributed by atoms with Crippen molar-refractivity contribution in [1.82, 2.24) is 15.6 Å². The summed E-state index contributed by atoms with van der Waals surface area (Å²) in [6, 6.07) is 3.96. The van der Waals surface area contributed by atoms with E-state index in [2.05, 4.69) is 10.4 Å². The zero-order chi connectivity index (χ0) is 10.8. The van der Waals surface area contributed by atoms with Crippen LogP contribution >= 0.6 is 23.6 Å². The molecule has 0 saturated heterocycles. The van der Waals surface area contributed by atoms with Crippen LogP contribution in [0.25, 0.3) is 0 Å². The van der Waals surface area contributed by atoms with Gasteiger partial charge >= 0.3 is 0 Å². The molecule has 1 aliphatic heterocycles. The Balaban J connectivity index is 2.33. The van der Waals surface area contributed by atoms with E-state index in [4.69, 9.17) is 18.0 Å². The number of thiocarbonyl (C=S) groups is 1. The Hall–Kier alpha value is -0.860. The molecule has 1 aliphatic rings. The highest BCUT2D eigenvalue weighted by atomic mass is 32.1. The van der Waals surface area contributed by atoms with Crippen LogP contribution in [0.3, 0.4) is 0 Å². The summed E-state index contributed by atoms with van der Waals surface area (Å²) in [5.74, 6) is 0.779. The monoisotopic (exact) mass is 241 g/mol. The number of amidine groups is 1. The van der Waals surface area contributed by atoms with E-state index in [1.54, 1.807) is 28.5 Å². The molecule has 15 heavy (non-hydrogen) atoms. The maximum atomic E-state index is 5.82. The molecule has 1 atom stereocenters. The van der Waals surface area contributed by atoms with Crippen LogP contribution in [0.1, 0.15) is 4.88 Å². The molecule has 0 aliphatic carbocycles. The molecular weight excluding hydrogens is 230 g/mol. The van der Waals surface area contributed by atoms with Gasteiger partial charge in [0.25, 0.3) is 0 Å². The van der Waals surface area contributed by atoms with E-state index < -0.39 is 6.29 Å². The largest absolute Gasteiger partial charge is 0.295 e. The summed E-state index contributed by atoms with van der Waals surface area (Å²) in [6.07, 6.45) is -0.439. The Morgan fingerprint density at radius 2 is 2.53 bits per heavy atom. The Morgan fingerprint density at radius 1 is 1.73 bits per heavy atom. The molecule has 3 N–H and O–H groups in total. The normalized spacial score (nSPS) is 21.9. The minimum Gasteiger partial charge on any atom is -0.295 e. The third-order valence-corrected chi connectivity index (χ3v) is 3.09. The minimum absolute atomic E-state index is 0.439. The standard InChI is InChI=1S/C8H11N5S2/c1-10-13-8(9)11-7(12(13)5-14)6-3-2-4-15-6/h2-5,8,10H,9H2,1H3. The lowest BCUT2D eigenvalue weighted by atomic mass is 10.4. The van der Waals surface area contributed by atoms with Gasteiger partial charge in [0.15, 0.2) is 12.1 Å². The van der Waals surface area contributed by atoms with Gasteiger partial charge in [-0.3, -0.25) is 5.73 Å². The number of hydrazine groups is 2. The number of aliphatic imine (C=N–C) groups is 1. The van der Waals surface area contributed by atoms with Crippen molar-refractivity contribution in [3.05, 3.63) is 22.4 Å². The fourth-order valence-corrected chi connectivity index (χ4v) is 2.31. The average molecular weight is 241 g/mol. The van der Waals surface area contributed by atoms with Crippen LogP contribution in [0.4, 0.5) is 0 Å². The van der Waals surface area contributed by atoms with E-state index in [0.29, 0.717) is 0 Å². The second kappa shape index (κ2) is 4.33. The van der Waals surface area contributed by atoms with Crippen LogP contribution in [0.5, 0.6) is 0 Å². The van der Waals surface area contributed by atoms with E-state index in [9.17, 15) is 0 Å². The van der Waals surface area contributed by atoms with Gasteiger partial charge in [0, 0.05) is 7.05 Å². The van der Waals surface area contributed by atoms with Crippen LogP contribution in [0, 0.1) is 0 Å². The van der Waals surface area contributed by atoms with Crippen molar-refractivity contribution in [3.8, 4) is 0 Å². The van der Waals surface area contributed by atoms with E-state index in [1.165, 1.54) is 5.49 Å². The van der Waals surface area contributed by atoms with E-state index >= 15 is 0 Å². The molecule has 0 amide bonds. The van der Waals surface area contributed by atoms with Gasteiger partial charge in [-0.2, -0.15) is 0 Å². The summed E-state index contributed by atoms with van der Waals surface area (Å²) in [5.41, 5.74) is 10.3. The molecule has 0 saturated carbocycles. The number of rotatable bonds is 3. The third-order valence-electron chi connectivity index (χ3n) is 2.02. The number of nitrogens with zero attached hydrogens (tertiary/aromatic N) is 3. The number of nitrogens with one attached hydrogen (secondary N) is 1. The summed E-state index contributed by atoms with van der Waals surface area (Å²) in [6.45, 7) is 0. The zero-order valence-corrected chi connectivity index (χ0v) is 9.76. The summed E-state index contributed by atoms with van der Waals surface area (Å²) in [5, 5.41) is 5.39. The fourth-order valence-electron chi connectivity index (χ4n) is 1.39. The lowest BCUT2D eigenvalue weighted by molar-refractivity contribution is 0.0407. The van der Waals surface area contributed by atoms with Gasteiger partial charge in [-0.25, -0.2) is 15.4 Å². The molecule has 7 heteroatoms. The van der Waals surface area contributed by atoms with Gasteiger partial charge in [0.2, 0.25) is 0 Å². The van der Waals surface area contributed by atoms with Crippen molar-refractivity contribution in [1.29, 1.82) is 0 Å². The second-order valence-electron chi connectivity index (χ2n) is 2.86. The Labute approximate surface area is 97.1 Å². The Bertz CT molecular complexity index is 374. The van der Waals surface area contributed by atoms with Gasteiger partial charge in [-0.15, -0.1) is 16.5 Å². The van der Waals surface area contributed by atoms with E-state index in [0.717, 1.165) is 10.7 Å². The first-order valence-electron chi connectivity index (χ1n) is 4.36. The summed E-state index contributed by atoms with van der Waals surface area (Å²) < 4.78 is 0. The van der Waals surface area contributed by atoms with E-state index in [-0.39, 0.29) is 0 Å². The molecule has 5 nitrogen and oxygen atoms in total. The first-order valence-corrected chi connectivity index (χ1v) is 5.71. The van der Waals surface area contributed by atoms with Crippen molar-refractivity contribution < 1.29 is 0 Å². The van der Waals surface area contributed by atoms with Crippen molar-refractivity contribution >= 4 is 34.9 Å². The highest BCUT2D eigenvalue weighted by Crippen LogP contribution is 2.18. The number of nitrogens with two attached hydrogens (primary N) is 1. The molecule has 0 aromatic carbocycles.